The molecule has 1 N–H and O–H groups in total. The second-order valence-corrected chi connectivity index (χ2v) is 5.65. The molecule has 0 aromatic heterocycles. The number of likely N-dealkylation sites (tertiary alicyclic amines) is 1. The fourth-order valence-corrected chi connectivity index (χ4v) is 2.83. The van der Waals surface area contributed by atoms with Crippen molar-refractivity contribution in [2.75, 3.05) is 20.3 Å². The number of aliphatic hydroxyl groups excluding tert-OH is 1. The molecule has 4 nitrogen and oxygen atoms in total. The van der Waals surface area contributed by atoms with Crippen LogP contribution >= 0.6 is 15.9 Å². The molecule has 0 bridgehead atoms. The molecule has 1 aliphatic heterocycles. The Morgan fingerprint density at radius 3 is 2.95 bits per heavy atom. The summed E-state index contributed by atoms with van der Waals surface area (Å²) in [5.74, 6) is -0.0441. The van der Waals surface area contributed by atoms with E-state index in [0.717, 1.165) is 10.0 Å². The summed E-state index contributed by atoms with van der Waals surface area (Å²) in [6.45, 7) is 2.42. The third kappa shape index (κ3) is 2.83. The molecule has 0 spiro atoms. The van der Waals surface area contributed by atoms with Gasteiger partial charge in [-0.25, -0.2) is 0 Å². The van der Waals surface area contributed by atoms with E-state index in [1.807, 2.05) is 25.1 Å². The number of carbonyl (C=O) groups is 1. The highest BCUT2D eigenvalue weighted by molar-refractivity contribution is 9.10. The molecule has 2 atom stereocenters. The zero-order chi connectivity index (χ0) is 14.0. The summed E-state index contributed by atoms with van der Waals surface area (Å²) in [5.41, 5.74) is 1.59. The molecule has 0 radical (unpaired) electrons. The second kappa shape index (κ2) is 6.03. The summed E-state index contributed by atoms with van der Waals surface area (Å²) in [7, 11) is 1.64. The van der Waals surface area contributed by atoms with Gasteiger partial charge in [-0.05, 0) is 31.0 Å². The zero-order valence-electron chi connectivity index (χ0n) is 11.1. The van der Waals surface area contributed by atoms with Crippen molar-refractivity contribution in [1.29, 1.82) is 0 Å². The highest BCUT2D eigenvalue weighted by Gasteiger charge is 2.35. The minimum Gasteiger partial charge on any atom is -0.394 e. The molecular formula is C14H18BrNO3. The van der Waals surface area contributed by atoms with Crippen molar-refractivity contribution < 1.29 is 14.6 Å². The van der Waals surface area contributed by atoms with Crippen molar-refractivity contribution in [3.05, 3.63) is 33.8 Å². The normalized spacial score (nSPS) is 22.8. The van der Waals surface area contributed by atoms with Gasteiger partial charge in [0.1, 0.15) is 0 Å². The van der Waals surface area contributed by atoms with Crippen LogP contribution in [0.5, 0.6) is 0 Å². The Morgan fingerprint density at radius 2 is 2.32 bits per heavy atom. The molecule has 1 heterocycles. The number of rotatable bonds is 3. The Hall–Kier alpha value is -0.910. The molecule has 19 heavy (non-hydrogen) atoms. The molecule has 2 rings (SSSR count). The van der Waals surface area contributed by atoms with Crippen LogP contribution < -0.4 is 0 Å². The number of halogens is 1. The number of aliphatic hydroxyl groups is 1. The molecule has 1 fully saturated rings. The fraction of sp³-hybridized carbons (Fsp3) is 0.500. The highest BCUT2D eigenvalue weighted by atomic mass is 79.9. The van der Waals surface area contributed by atoms with Crippen molar-refractivity contribution >= 4 is 21.8 Å². The van der Waals surface area contributed by atoms with Gasteiger partial charge in [-0.15, -0.1) is 0 Å². The number of carbonyl (C=O) groups excluding carboxylic acids is 1. The van der Waals surface area contributed by atoms with Crippen LogP contribution in [0, 0.1) is 6.92 Å². The monoisotopic (exact) mass is 327 g/mol. The van der Waals surface area contributed by atoms with Gasteiger partial charge in [-0.2, -0.15) is 0 Å². The van der Waals surface area contributed by atoms with Crippen LogP contribution in [0.2, 0.25) is 0 Å². The number of amides is 1. The van der Waals surface area contributed by atoms with E-state index in [0.29, 0.717) is 18.5 Å². The fourth-order valence-electron chi connectivity index (χ4n) is 2.46. The smallest absolute Gasteiger partial charge is 0.254 e. The van der Waals surface area contributed by atoms with E-state index in [9.17, 15) is 9.90 Å². The Balaban J connectivity index is 2.26. The van der Waals surface area contributed by atoms with E-state index in [2.05, 4.69) is 15.9 Å². The molecule has 1 aromatic carbocycles. The Labute approximate surface area is 121 Å². The van der Waals surface area contributed by atoms with Crippen LogP contribution in [0.4, 0.5) is 0 Å². The molecule has 1 amide bonds. The first kappa shape index (κ1) is 14.5. The van der Waals surface area contributed by atoms with E-state index in [1.165, 1.54) is 0 Å². The van der Waals surface area contributed by atoms with Crippen molar-refractivity contribution in [3.63, 3.8) is 0 Å². The van der Waals surface area contributed by atoms with E-state index < -0.39 is 0 Å². The molecule has 1 aromatic rings. The van der Waals surface area contributed by atoms with Crippen LogP contribution in [0.3, 0.4) is 0 Å². The minimum absolute atomic E-state index is 0.00793. The van der Waals surface area contributed by atoms with Crippen molar-refractivity contribution in [2.24, 2.45) is 0 Å². The van der Waals surface area contributed by atoms with Crippen LogP contribution in [-0.4, -0.2) is 48.3 Å². The molecular weight excluding hydrogens is 310 g/mol. The largest absolute Gasteiger partial charge is 0.394 e. The molecule has 0 aliphatic carbocycles. The number of hydrogen-bond acceptors (Lipinski definition) is 3. The van der Waals surface area contributed by atoms with E-state index >= 15 is 0 Å². The van der Waals surface area contributed by atoms with Gasteiger partial charge in [0.05, 0.1) is 18.8 Å². The maximum Gasteiger partial charge on any atom is 0.254 e. The van der Waals surface area contributed by atoms with Crippen LogP contribution in [0.1, 0.15) is 22.3 Å². The first-order chi connectivity index (χ1) is 9.08. The maximum absolute atomic E-state index is 12.6. The van der Waals surface area contributed by atoms with Gasteiger partial charge >= 0.3 is 0 Å². The van der Waals surface area contributed by atoms with Crippen molar-refractivity contribution in [2.45, 2.75) is 25.5 Å². The summed E-state index contributed by atoms with van der Waals surface area (Å²) < 4.78 is 6.22. The lowest BCUT2D eigenvalue weighted by Crippen LogP contribution is -2.38. The lowest BCUT2D eigenvalue weighted by Gasteiger charge is -2.23. The average molecular weight is 328 g/mol. The van der Waals surface area contributed by atoms with E-state index in [4.69, 9.17) is 4.74 Å². The van der Waals surface area contributed by atoms with Gasteiger partial charge in [0.2, 0.25) is 0 Å². The number of ether oxygens (including phenoxy) is 1. The van der Waals surface area contributed by atoms with Crippen molar-refractivity contribution in [3.8, 4) is 0 Å². The Kier molecular flexibility index (Phi) is 4.60. The molecule has 1 saturated heterocycles. The van der Waals surface area contributed by atoms with Crippen LogP contribution in [0.15, 0.2) is 22.7 Å². The zero-order valence-corrected chi connectivity index (χ0v) is 12.7. The van der Waals surface area contributed by atoms with Gasteiger partial charge in [-0.3, -0.25) is 4.79 Å². The standard InChI is InChI=1S/C14H18BrNO3/c1-9-12(4-3-5-13(9)15)14(18)16-7-11(19-2)6-10(16)8-17/h3-5,10-11,17H,6-8H2,1-2H3/t10-,11-/m0/s1. The van der Waals surface area contributed by atoms with Gasteiger partial charge in [0.25, 0.3) is 5.91 Å². The van der Waals surface area contributed by atoms with Crippen LogP contribution in [-0.2, 0) is 4.74 Å². The highest BCUT2D eigenvalue weighted by Crippen LogP contribution is 2.25. The third-order valence-electron chi connectivity index (χ3n) is 3.68. The molecule has 0 unspecified atom stereocenters. The lowest BCUT2D eigenvalue weighted by atomic mass is 10.1. The SMILES string of the molecule is CO[C@H]1C[C@@H](CO)N(C(=O)c2cccc(Br)c2C)C1. The maximum atomic E-state index is 12.6. The third-order valence-corrected chi connectivity index (χ3v) is 4.54. The first-order valence-corrected chi connectivity index (χ1v) is 7.07. The topological polar surface area (TPSA) is 49.8 Å². The first-order valence-electron chi connectivity index (χ1n) is 6.28. The number of methoxy groups -OCH3 is 1. The molecule has 5 heteroatoms. The minimum atomic E-state index is -0.157. The van der Waals surface area contributed by atoms with Gasteiger partial charge in [-0.1, -0.05) is 22.0 Å². The quantitative estimate of drug-likeness (QED) is 0.923. The molecule has 1 aliphatic rings. The number of benzene rings is 1. The van der Waals surface area contributed by atoms with Crippen molar-refractivity contribution in [1.82, 2.24) is 4.90 Å². The van der Waals surface area contributed by atoms with Gasteiger partial charge in [0.15, 0.2) is 0 Å². The summed E-state index contributed by atoms with van der Waals surface area (Å²) in [6.07, 6.45) is 0.694. The molecule has 0 saturated carbocycles. The average Bonchev–Trinajstić information content (AvgIpc) is 2.84. The summed E-state index contributed by atoms with van der Waals surface area (Å²) >= 11 is 3.44. The van der Waals surface area contributed by atoms with Crippen LogP contribution in [0.25, 0.3) is 0 Å². The number of hydrogen-bond donors (Lipinski definition) is 1. The summed E-state index contributed by atoms with van der Waals surface area (Å²) in [6, 6.07) is 5.42. The Morgan fingerprint density at radius 1 is 1.58 bits per heavy atom. The predicted octanol–water partition coefficient (Wildman–Crippen LogP) is 1.98. The predicted molar refractivity (Wildman–Crippen MR) is 76.2 cm³/mol. The van der Waals surface area contributed by atoms with Gasteiger partial charge in [0, 0.05) is 23.7 Å². The molecule has 104 valence electrons. The van der Waals surface area contributed by atoms with E-state index in [-0.39, 0.29) is 24.7 Å². The summed E-state index contributed by atoms with van der Waals surface area (Å²) in [5, 5.41) is 9.41. The number of nitrogens with zero attached hydrogens (tertiary/aromatic N) is 1. The van der Waals surface area contributed by atoms with Gasteiger partial charge < -0.3 is 14.7 Å². The second-order valence-electron chi connectivity index (χ2n) is 4.80. The lowest BCUT2D eigenvalue weighted by molar-refractivity contribution is 0.0647. The van der Waals surface area contributed by atoms with E-state index in [1.54, 1.807) is 12.0 Å². The Bertz CT molecular complexity index is 478. The summed E-state index contributed by atoms with van der Waals surface area (Å²) in [4.78, 5) is 14.3.